The highest BCUT2D eigenvalue weighted by atomic mass is 32.1. The zero-order chi connectivity index (χ0) is 27.6. The molecule has 7 heteroatoms. The van der Waals surface area contributed by atoms with Gasteiger partial charge < -0.3 is 0 Å². The predicted molar refractivity (Wildman–Crippen MR) is 144 cm³/mol. The summed E-state index contributed by atoms with van der Waals surface area (Å²) >= 11 is 1.21. The minimum Gasteiger partial charge on any atom is -0.194 e. The normalized spacial score (nSPS) is 17.7. The second-order valence-electron chi connectivity index (χ2n) is 10.3. The molecule has 0 N–H and O–H groups in total. The van der Waals surface area contributed by atoms with Gasteiger partial charge in [0.05, 0.1) is 0 Å². The summed E-state index contributed by atoms with van der Waals surface area (Å²) in [7, 11) is 0. The van der Waals surface area contributed by atoms with Crippen molar-refractivity contribution in [3.63, 3.8) is 0 Å². The number of halogens is 6. The maximum atomic E-state index is 15.6. The highest BCUT2D eigenvalue weighted by molar-refractivity contribution is 7.17. The van der Waals surface area contributed by atoms with Gasteiger partial charge in [-0.05, 0) is 34.1 Å². The van der Waals surface area contributed by atoms with Crippen LogP contribution in [0.25, 0.3) is 33.4 Å². The third-order valence-corrected chi connectivity index (χ3v) is 8.60. The van der Waals surface area contributed by atoms with Crippen molar-refractivity contribution in [3.05, 3.63) is 93.4 Å². The highest BCUT2D eigenvalue weighted by Gasteiger charge is 2.80. The molecule has 1 aliphatic rings. The average molecular weight is 545 g/mol. The lowest BCUT2D eigenvalue weighted by Crippen LogP contribution is -2.43. The summed E-state index contributed by atoms with van der Waals surface area (Å²) < 4.78 is 92.5. The van der Waals surface area contributed by atoms with Crippen LogP contribution < -0.4 is 0 Å². The molecule has 0 spiro atoms. The molecule has 0 amide bonds. The van der Waals surface area contributed by atoms with Crippen LogP contribution in [-0.4, -0.2) is 5.92 Å². The van der Waals surface area contributed by atoms with Gasteiger partial charge in [-0.3, -0.25) is 0 Å². The Labute approximate surface area is 221 Å². The third-order valence-electron chi connectivity index (χ3n) is 7.06. The van der Waals surface area contributed by atoms with Crippen LogP contribution in [-0.2, 0) is 11.8 Å². The van der Waals surface area contributed by atoms with E-state index in [0.29, 0.717) is 31.8 Å². The highest BCUT2D eigenvalue weighted by Crippen LogP contribution is 2.67. The Bertz CT molecular complexity index is 1530. The van der Waals surface area contributed by atoms with Crippen LogP contribution in [0.1, 0.15) is 72.2 Å². The number of hydrogen-bond acceptors (Lipinski definition) is 1. The van der Waals surface area contributed by atoms with Gasteiger partial charge >= 0.3 is 17.8 Å². The zero-order valence-electron chi connectivity index (χ0n) is 21.3. The van der Waals surface area contributed by atoms with E-state index in [0.717, 1.165) is 0 Å². The molecule has 0 atom stereocenters. The number of hydrogen-bond donors (Lipinski definition) is 0. The van der Waals surface area contributed by atoms with E-state index >= 15 is 26.3 Å². The summed E-state index contributed by atoms with van der Waals surface area (Å²) in [6.45, 7) is 7.06. The van der Waals surface area contributed by atoms with Crippen LogP contribution in [0.5, 0.6) is 0 Å². The molecule has 38 heavy (non-hydrogen) atoms. The van der Waals surface area contributed by atoms with Crippen LogP contribution in [0.15, 0.2) is 60.7 Å². The molecular formula is C31H26F6S. The molecule has 0 saturated carbocycles. The van der Waals surface area contributed by atoms with Gasteiger partial charge in [0.2, 0.25) is 0 Å². The standard InChI is InChI=1S/C31H26F6S/c1-17(2)22-21(16-15-19-11-7-5-8-12-19)25-26(30(34,35)31(36,37)29(25,32)33)24-23(22)28(38-27(24)18(3)4)20-13-9-6-10-14-20/h5-18H,1-4H3/b16-15+. The fourth-order valence-corrected chi connectivity index (χ4v) is 6.68. The van der Waals surface area contributed by atoms with E-state index in [1.54, 1.807) is 70.2 Å². The van der Waals surface area contributed by atoms with Crippen LogP contribution in [0.3, 0.4) is 0 Å². The molecule has 1 aliphatic carbocycles. The van der Waals surface area contributed by atoms with Gasteiger partial charge in [0.25, 0.3) is 0 Å². The van der Waals surface area contributed by atoms with Gasteiger partial charge in [0, 0.05) is 31.7 Å². The van der Waals surface area contributed by atoms with E-state index in [2.05, 4.69) is 0 Å². The second kappa shape index (κ2) is 9.01. The summed E-state index contributed by atoms with van der Waals surface area (Å²) in [4.78, 5) is 1.00. The quantitative estimate of drug-likeness (QED) is 0.173. The fourth-order valence-electron chi connectivity index (χ4n) is 5.35. The second-order valence-corrected chi connectivity index (χ2v) is 11.3. The average Bonchev–Trinajstić information content (AvgIpc) is 3.31. The summed E-state index contributed by atoms with van der Waals surface area (Å²) in [6, 6.07) is 17.8. The molecule has 0 saturated heterocycles. The van der Waals surface area contributed by atoms with E-state index in [1.807, 2.05) is 18.2 Å². The fraction of sp³-hybridized carbons (Fsp3) is 0.290. The molecule has 4 aromatic rings. The predicted octanol–water partition coefficient (Wildman–Crippen LogP) is 10.8. The van der Waals surface area contributed by atoms with Crippen molar-refractivity contribution in [1.29, 1.82) is 0 Å². The smallest absolute Gasteiger partial charge is 0.194 e. The molecule has 1 heterocycles. The van der Waals surface area contributed by atoms with Crippen molar-refractivity contribution >= 4 is 34.3 Å². The van der Waals surface area contributed by atoms with E-state index in [4.69, 9.17) is 0 Å². The molecular weight excluding hydrogens is 518 g/mol. The zero-order valence-corrected chi connectivity index (χ0v) is 22.1. The van der Waals surface area contributed by atoms with Crippen LogP contribution >= 0.6 is 11.3 Å². The largest absolute Gasteiger partial charge is 0.380 e. The molecule has 0 aliphatic heterocycles. The first-order chi connectivity index (χ1) is 17.8. The van der Waals surface area contributed by atoms with Crippen molar-refractivity contribution in [2.24, 2.45) is 0 Å². The molecule has 198 valence electrons. The van der Waals surface area contributed by atoms with Gasteiger partial charge in [0.15, 0.2) is 0 Å². The molecule has 0 radical (unpaired) electrons. The van der Waals surface area contributed by atoms with Crippen molar-refractivity contribution in [2.45, 2.75) is 57.3 Å². The Morgan fingerprint density at radius 2 is 1.21 bits per heavy atom. The molecule has 5 rings (SSSR count). The summed E-state index contributed by atoms with van der Waals surface area (Å²) in [5.74, 6) is -16.5. The summed E-state index contributed by atoms with van der Waals surface area (Å²) in [6.07, 6.45) is 2.81. The number of benzene rings is 3. The molecule has 3 aromatic carbocycles. The lowest BCUT2D eigenvalue weighted by molar-refractivity contribution is -0.302. The Morgan fingerprint density at radius 1 is 0.658 bits per heavy atom. The number of fused-ring (bicyclic) bond motifs is 3. The molecule has 0 unspecified atom stereocenters. The minimum absolute atomic E-state index is 0.165. The third kappa shape index (κ3) is 3.65. The Balaban J connectivity index is 2.04. The van der Waals surface area contributed by atoms with Crippen molar-refractivity contribution in [3.8, 4) is 10.4 Å². The topological polar surface area (TPSA) is 0 Å². The molecule has 0 nitrogen and oxygen atoms in total. The van der Waals surface area contributed by atoms with E-state index < -0.39 is 34.8 Å². The van der Waals surface area contributed by atoms with E-state index in [1.165, 1.54) is 23.5 Å². The van der Waals surface area contributed by atoms with Crippen LogP contribution in [0.4, 0.5) is 26.3 Å². The van der Waals surface area contributed by atoms with Gasteiger partial charge in [0.1, 0.15) is 0 Å². The number of thiophene rings is 1. The van der Waals surface area contributed by atoms with Crippen molar-refractivity contribution < 1.29 is 26.3 Å². The monoisotopic (exact) mass is 544 g/mol. The maximum Gasteiger partial charge on any atom is 0.380 e. The minimum atomic E-state index is -5.58. The van der Waals surface area contributed by atoms with E-state index in [-0.39, 0.29) is 16.9 Å². The first-order valence-electron chi connectivity index (χ1n) is 12.4. The number of rotatable bonds is 5. The maximum absolute atomic E-state index is 15.6. The summed E-state index contributed by atoms with van der Waals surface area (Å²) in [5, 5.41) is 0.181. The molecule has 0 fully saturated rings. The lowest BCUT2D eigenvalue weighted by atomic mass is 9.83. The van der Waals surface area contributed by atoms with Crippen LogP contribution in [0.2, 0.25) is 0 Å². The molecule has 1 aromatic heterocycles. The Kier molecular flexibility index (Phi) is 6.29. The first kappa shape index (κ1) is 26.5. The lowest BCUT2D eigenvalue weighted by Gasteiger charge is -2.24. The van der Waals surface area contributed by atoms with Gasteiger partial charge in [-0.2, -0.15) is 26.3 Å². The van der Waals surface area contributed by atoms with Gasteiger partial charge in [-0.25, -0.2) is 0 Å². The SMILES string of the molecule is CC(C)c1sc(-c2ccccc2)c2c(C(C)C)c(/C=C/c3ccccc3)c3c(c12)C(F)(F)C(F)(F)C3(F)F. The van der Waals surface area contributed by atoms with Crippen molar-refractivity contribution in [2.75, 3.05) is 0 Å². The van der Waals surface area contributed by atoms with Gasteiger partial charge in [-0.1, -0.05) is 101 Å². The van der Waals surface area contributed by atoms with Crippen LogP contribution in [0, 0.1) is 0 Å². The Hall–Kier alpha value is -3.06. The van der Waals surface area contributed by atoms with Gasteiger partial charge in [-0.15, -0.1) is 11.3 Å². The molecule has 0 bridgehead atoms. The first-order valence-corrected chi connectivity index (χ1v) is 13.2. The van der Waals surface area contributed by atoms with E-state index in [9.17, 15) is 0 Å². The van der Waals surface area contributed by atoms with Crippen molar-refractivity contribution in [1.82, 2.24) is 0 Å². The summed E-state index contributed by atoms with van der Waals surface area (Å²) in [5.41, 5.74) is -1.07. The Morgan fingerprint density at radius 3 is 1.76 bits per heavy atom. The number of alkyl halides is 6.